The van der Waals surface area contributed by atoms with Crippen molar-refractivity contribution < 1.29 is 10.2 Å². The van der Waals surface area contributed by atoms with E-state index < -0.39 is 0 Å². The highest BCUT2D eigenvalue weighted by Gasteiger charge is 2.03. The lowest BCUT2D eigenvalue weighted by Gasteiger charge is -2.04. The number of nitrogens with zero attached hydrogens (tertiary/aromatic N) is 2. The molecule has 5 heteroatoms. The number of fused-ring (bicyclic) bond motifs is 1. The minimum atomic E-state index is -0.214. The predicted octanol–water partition coefficient (Wildman–Crippen LogP) is 0.0944. The van der Waals surface area contributed by atoms with Crippen molar-refractivity contribution in [3.8, 4) is 5.75 Å². The number of benzene rings is 1. The summed E-state index contributed by atoms with van der Waals surface area (Å²) in [4.78, 5) is 15.8. The van der Waals surface area contributed by atoms with Crippen molar-refractivity contribution in [2.75, 3.05) is 6.61 Å². The van der Waals surface area contributed by atoms with Crippen LogP contribution < -0.4 is 5.56 Å². The van der Waals surface area contributed by atoms with Gasteiger partial charge in [0.2, 0.25) is 0 Å². The number of aromatic hydroxyl groups is 1. The van der Waals surface area contributed by atoms with Crippen LogP contribution in [0.4, 0.5) is 0 Å². The van der Waals surface area contributed by atoms with Crippen molar-refractivity contribution in [3.05, 3.63) is 34.9 Å². The molecule has 2 aromatic rings. The Morgan fingerprint density at radius 2 is 2.20 bits per heavy atom. The highest BCUT2D eigenvalue weighted by Crippen LogP contribution is 2.14. The lowest BCUT2D eigenvalue weighted by Crippen LogP contribution is -2.21. The first-order valence-corrected chi connectivity index (χ1v) is 4.51. The van der Waals surface area contributed by atoms with Gasteiger partial charge in [-0.05, 0) is 12.1 Å². The van der Waals surface area contributed by atoms with Gasteiger partial charge in [0.1, 0.15) is 5.75 Å². The molecule has 0 aliphatic rings. The van der Waals surface area contributed by atoms with Crippen LogP contribution in [0.15, 0.2) is 29.3 Å². The van der Waals surface area contributed by atoms with Crippen molar-refractivity contribution in [1.82, 2.24) is 9.55 Å². The molecule has 0 aliphatic heterocycles. The van der Waals surface area contributed by atoms with E-state index in [9.17, 15) is 9.90 Å². The van der Waals surface area contributed by atoms with Gasteiger partial charge in [-0.1, -0.05) is 0 Å². The average Bonchev–Trinajstić information content (AvgIpc) is 2.22. The lowest BCUT2D eigenvalue weighted by molar-refractivity contribution is 0.274. The largest absolute Gasteiger partial charge is 0.508 e. The van der Waals surface area contributed by atoms with Crippen LogP contribution in [-0.2, 0) is 6.54 Å². The third-order valence-electron chi connectivity index (χ3n) is 2.15. The Labute approximate surface area is 85.2 Å². The second kappa shape index (κ2) is 3.70. The van der Waals surface area contributed by atoms with Gasteiger partial charge in [-0.15, -0.1) is 0 Å². The van der Waals surface area contributed by atoms with Crippen LogP contribution in [0.1, 0.15) is 0 Å². The van der Waals surface area contributed by atoms with Gasteiger partial charge in [-0.25, -0.2) is 4.98 Å². The molecule has 0 saturated heterocycles. The Kier molecular flexibility index (Phi) is 2.39. The topological polar surface area (TPSA) is 75.3 Å². The molecule has 0 aliphatic carbocycles. The van der Waals surface area contributed by atoms with Gasteiger partial charge >= 0.3 is 0 Å². The second-order valence-corrected chi connectivity index (χ2v) is 3.17. The van der Waals surface area contributed by atoms with E-state index in [2.05, 4.69) is 4.98 Å². The number of phenols is 1. The number of hydrogen-bond acceptors (Lipinski definition) is 4. The van der Waals surface area contributed by atoms with Gasteiger partial charge in [-0.3, -0.25) is 9.36 Å². The van der Waals surface area contributed by atoms with E-state index in [1.165, 1.54) is 29.1 Å². The normalized spacial score (nSPS) is 10.7. The molecule has 0 saturated carbocycles. The third-order valence-corrected chi connectivity index (χ3v) is 2.15. The average molecular weight is 206 g/mol. The van der Waals surface area contributed by atoms with Crippen molar-refractivity contribution in [1.29, 1.82) is 0 Å². The molecule has 2 N–H and O–H groups in total. The first kappa shape index (κ1) is 9.67. The van der Waals surface area contributed by atoms with Gasteiger partial charge in [0, 0.05) is 6.07 Å². The van der Waals surface area contributed by atoms with Gasteiger partial charge < -0.3 is 10.2 Å². The molecule has 0 radical (unpaired) electrons. The summed E-state index contributed by atoms with van der Waals surface area (Å²) in [6.07, 6.45) is 1.36. The Morgan fingerprint density at radius 3 is 2.93 bits per heavy atom. The molecule has 15 heavy (non-hydrogen) atoms. The number of aromatic nitrogens is 2. The second-order valence-electron chi connectivity index (χ2n) is 3.17. The minimum absolute atomic E-state index is 0.0781. The van der Waals surface area contributed by atoms with E-state index in [0.29, 0.717) is 10.9 Å². The SMILES string of the molecule is O=c1c2ccc(O)cc2ncn1CCO. The molecular formula is C10H10N2O3. The lowest BCUT2D eigenvalue weighted by atomic mass is 10.2. The molecule has 0 bridgehead atoms. The molecular weight excluding hydrogens is 196 g/mol. The number of aliphatic hydroxyl groups excluding tert-OH is 1. The van der Waals surface area contributed by atoms with E-state index in [1.54, 1.807) is 0 Å². The molecule has 1 heterocycles. The molecule has 5 nitrogen and oxygen atoms in total. The summed E-state index contributed by atoms with van der Waals surface area (Å²) in [5.74, 6) is 0.0781. The standard InChI is InChI=1S/C10H10N2O3/c13-4-3-12-6-11-9-5-7(14)1-2-8(9)10(12)15/h1-2,5-6,13-14H,3-4H2. The first-order valence-electron chi connectivity index (χ1n) is 4.51. The fourth-order valence-corrected chi connectivity index (χ4v) is 1.41. The van der Waals surface area contributed by atoms with Gasteiger partial charge in [0.05, 0.1) is 30.4 Å². The van der Waals surface area contributed by atoms with Gasteiger partial charge in [-0.2, -0.15) is 0 Å². The van der Waals surface area contributed by atoms with E-state index in [0.717, 1.165) is 0 Å². The minimum Gasteiger partial charge on any atom is -0.508 e. The summed E-state index contributed by atoms with van der Waals surface area (Å²) >= 11 is 0. The summed E-state index contributed by atoms with van der Waals surface area (Å²) in [5, 5.41) is 18.4. The fourth-order valence-electron chi connectivity index (χ4n) is 1.41. The van der Waals surface area contributed by atoms with Crippen molar-refractivity contribution in [2.24, 2.45) is 0 Å². The highest BCUT2D eigenvalue weighted by atomic mass is 16.3. The Hall–Kier alpha value is -1.88. The summed E-state index contributed by atoms with van der Waals surface area (Å²) in [7, 11) is 0. The Morgan fingerprint density at radius 1 is 1.40 bits per heavy atom. The maximum absolute atomic E-state index is 11.8. The maximum atomic E-state index is 11.8. The Balaban J connectivity index is 2.69. The summed E-state index contributed by atoms with van der Waals surface area (Å²) in [6.45, 7) is 0.119. The molecule has 1 aromatic carbocycles. The molecule has 0 atom stereocenters. The molecule has 78 valence electrons. The number of rotatable bonds is 2. The van der Waals surface area contributed by atoms with Crippen LogP contribution in [0.25, 0.3) is 10.9 Å². The van der Waals surface area contributed by atoms with E-state index in [1.807, 2.05) is 0 Å². The van der Waals surface area contributed by atoms with Crippen LogP contribution in [-0.4, -0.2) is 26.4 Å². The molecule has 0 spiro atoms. The maximum Gasteiger partial charge on any atom is 0.261 e. The first-order chi connectivity index (χ1) is 7.22. The number of hydrogen-bond donors (Lipinski definition) is 2. The van der Waals surface area contributed by atoms with Crippen molar-refractivity contribution in [3.63, 3.8) is 0 Å². The van der Waals surface area contributed by atoms with Gasteiger partial charge in [0.25, 0.3) is 5.56 Å². The smallest absolute Gasteiger partial charge is 0.261 e. The highest BCUT2D eigenvalue weighted by molar-refractivity contribution is 5.78. The zero-order valence-corrected chi connectivity index (χ0v) is 7.92. The summed E-state index contributed by atoms with van der Waals surface area (Å²) in [5.41, 5.74) is 0.239. The zero-order valence-electron chi connectivity index (χ0n) is 7.92. The predicted molar refractivity (Wildman–Crippen MR) is 54.8 cm³/mol. The van der Waals surface area contributed by atoms with Crippen LogP contribution in [0.2, 0.25) is 0 Å². The van der Waals surface area contributed by atoms with Crippen LogP contribution in [0.5, 0.6) is 5.75 Å². The number of aliphatic hydroxyl groups is 1. The summed E-state index contributed by atoms with van der Waals surface area (Å²) in [6, 6.07) is 4.39. The fraction of sp³-hybridized carbons (Fsp3) is 0.200. The Bertz CT molecular complexity index is 548. The molecule has 0 amide bonds. The molecule has 0 fully saturated rings. The number of phenolic OH excluding ortho intramolecular Hbond substituents is 1. The third kappa shape index (κ3) is 1.69. The van der Waals surface area contributed by atoms with E-state index >= 15 is 0 Å². The van der Waals surface area contributed by atoms with Crippen LogP contribution >= 0.6 is 0 Å². The van der Waals surface area contributed by atoms with E-state index in [4.69, 9.17) is 5.11 Å². The summed E-state index contributed by atoms with van der Waals surface area (Å²) < 4.78 is 1.33. The zero-order chi connectivity index (χ0) is 10.8. The molecule has 2 rings (SSSR count). The monoisotopic (exact) mass is 206 g/mol. The molecule has 0 unspecified atom stereocenters. The van der Waals surface area contributed by atoms with Crippen molar-refractivity contribution in [2.45, 2.75) is 6.54 Å². The van der Waals surface area contributed by atoms with E-state index in [-0.39, 0.29) is 24.5 Å². The van der Waals surface area contributed by atoms with Crippen LogP contribution in [0, 0.1) is 0 Å². The molecule has 1 aromatic heterocycles. The van der Waals surface area contributed by atoms with Crippen LogP contribution in [0.3, 0.4) is 0 Å². The van der Waals surface area contributed by atoms with Gasteiger partial charge in [0.15, 0.2) is 0 Å². The quantitative estimate of drug-likeness (QED) is 0.730. The van der Waals surface area contributed by atoms with Crippen molar-refractivity contribution >= 4 is 10.9 Å².